The Labute approximate surface area is 183 Å². The topological polar surface area (TPSA) is 95.9 Å². The fourth-order valence-corrected chi connectivity index (χ4v) is 3.99. The van der Waals surface area contributed by atoms with Crippen LogP contribution in [0.15, 0.2) is 54.2 Å². The van der Waals surface area contributed by atoms with Crippen molar-refractivity contribution in [3.05, 3.63) is 65.6 Å². The highest BCUT2D eigenvalue weighted by Crippen LogP contribution is 2.37. The molecule has 8 heteroatoms. The van der Waals surface area contributed by atoms with E-state index in [1.54, 1.807) is 0 Å². The van der Waals surface area contributed by atoms with E-state index in [1.807, 2.05) is 24.3 Å². The molecule has 0 aliphatic heterocycles. The third kappa shape index (κ3) is 6.50. The van der Waals surface area contributed by atoms with Crippen molar-refractivity contribution in [3.8, 4) is 11.1 Å². The van der Waals surface area contributed by atoms with Crippen LogP contribution >= 0.6 is 0 Å². The molecule has 1 unspecified atom stereocenters. The highest BCUT2D eigenvalue weighted by molar-refractivity contribution is 6.48. The summed E-state index contributed by atoms with van der Waals surface area (Å²) >= 11 is 0. The maximum atomic E-state index is 14.5. The van der Waals surface area contributed by atoms with Gasteiger partial charge in [0, 0.05) is 17.5 Å². The van der Waals surface area contributed by atoms with Gasteiger partial charge in [-0.05, 0) is 47.8 Å². The predicted molar refractivity (Wildman–Crippen MR) is 120 cm³/mol. The molecule has 2 aromatic carbocycles. The average Bonchev–Trinajstić information content (AvgIpc) is 2.66. The molecule has 1 radical (unpaired) electrons. The van der Waals surface area contributed by atoms with Gasteiger partial charge in [-0.2, -0.15) is 0 Å². The third-order valence-electron chi connectivity index (χ3n) is 4.47. The maximum Gasteiger partial charge on any atom is 0.344 e. The Kier molecular flexibility index (Phi) is 7.75. The van der Waals surface area contributed by atoms with E-state index in [0.29, 0.717) is 16.8 Å². The second kappa shape index (κ2) is 9.89. The van der Waals surface area contributed by atoms with Gasteiger partial charge in [0.2, 0.25) is 9.04 Å². The molecule has 2 rings (SSSR count). The Hall–Kier alpha value is -2.97. The van der Waals surface area contributed by atoms with Crippen LogP contribution in [0.2, 0.25) is 13.1 Å². The molecule has 2 aromatic rings. The molecule has 3 N–H and O–H groups in total. The lowest BCUT2D eigenvalue weighted by atomic mass is 9.84. The first-order valence-corrected chi connectivity index (χ1v) is 12.1. The lowest BCUT2D eigenvalue weighted by Crippen LogP contribution is -2.25. The van der Waals surface area contributed by atoms with Gasteiger partial charge in [-0.25, -0.2) is 14.0 Å². The lowest BCUT2D eigenvalue weighted by Gasteiger charge is -2.33. The normalized spacial score (nSPS) is 12.4. The van der Waals surface area contributed by atoms with Crippen LogP contribution in [-0.2, 0) is 14.0 Å². The van der Waals surface area contributed by atoms with Crippen molar-refractivity contribution in [2.24, 2.45) is 5.41 Å². The summed E-state index contributed by atoms with van der Waals surface area (Å²) < 4.78 is 20.7. The summed E-state index contributed by atoms with van der Waals surface area (Å²) in [5, 5.41) is 20.5. The minimum absolute atomic E-state index is 0.0844. The summed E-state index contributed by atoms with van der Waals surface area (Å²) in [5.74, 6) is -3.59. The molecule has 0 bridgehead atoms. The van der Waals surface area contributed by atoms with Gasteiger partial charge in [0.15, 0.2) is 5.57 Å². The number of halogens is 1. The summed E-state index contributed by atoms with van der Waals surface area (Å²) in [6.07, 6.45) is 0.782. The zero-order chi connectivity index (χ0) is 23.3. The molecule has 0 aliphatic carbocycles. The molecule has 0 amide bonds. The molecule has 0 fully saturated rings. The van der Waals surface area contributed by atoms with E-state index < -0.39 is 32.4 Å². The monoisotopic (exact) mass is 444 g/mol. The molecule has 31 heavy (non-hydrogen) atoms. The lowest BCUT2D eigenvalue weighted by molar-refractivity contribution is -0.140. The average molecular weight is 445 g/mol. The third-order valence-corrected chi connectivity index (χ3v) is 5.18. The molecule has 0 aromatic heterocycles. The van der Waals surface area contributed by atoms with E-state index in [4.69, 9.17) is 14.6 Å². The van der Waals surface area contributed by atoms with Crippen LogP contribution in [0.4, 0.5) is 10.1 Å². The van der Waals surface area contributed by atoms with E-state index in [9.17, 15) is 14.0 Å². The highest BCUT2D eigenvalue weighted by Gasteiger charge is 2.28. The first-order valence-electron chi connectivity index (χ1n) is 9.70. The number of nitrogens with one attached hydrogen (secondary N) is 1. The van der Waals surface area contributed by atoms with Crippen LogP contribution in [0, 0.1) is 11.2 Å². The van der Waals surface area contributed by atoms with Gasteiger partial charge in [0.1, 0.15) is 5.82 Å². The summed E-state index contributed by atoms with van der Waals surface area (Å²) in [4.78, 5) is 21.9. The molecule has 165 valence electrons. The number of carboxylic acids is 2. The fraction of sp³-hybridized carbons (Fsp3) is 0.304. The van der Waals surface area contributed by atoms with E-state index in [0.717, 1.165) is 11.8 Å². The Morgan fingerprint density at radius 2 is 1.65 bits per heavy atom. The number of carboxylic acid groups (broad SMARTS) is 2. The predicted octanol–water partition coefficient (Wildman–Crippen LogP) is 5.31. The number of hydrogen-bond donors (Lipinski definition) is 3. The molecule has 0 spiro atoms. The molecule has 0 saturated carbocycles. The second-order valence-corrected chi connectivity index (χ2v) is 10.5. The van der Waals surface area contributed by atoms with Crippen molar-refractivity contribution in [2.75, 3.05) is 5.32 Å². The van der Waals surface area contributed by atoms with Gasteiger partial charge in [-0.3, -0.25) is 0 Å². The molecule has 1 atom stereocenters. The zero-order valence-electron chi connectivity index (χ0n) is 18.2. The van der Waals surface area contributed by atoms with Crippen LogP contribution in [-0.4, -0.2) is 31.2 Å². The van der Waals surface area contributed by atoms with Gasteiger partial charge in [0.05, 0.1) is 6.10 Å². The van der Waals surface area contributed by atoms with Gasteiger partial charge in [-0.15, -0.1) is 0 Å². The van der Waals surface area contributed by atoms with Crippen LogP contribution in [0.3, 0.4) is 0 Å². The Morgan fingerprint density at radius 1 is 1.06 bits per heavy atom. The summed E-state index contributed by atoms with van der Waals surface area (Å²) in [6.45, 7) is 10.5. The van der Waals surface area contributed by atoms with Crippen molar-refractivity contribution in [1.82, 2.24) is 0 Å². The van der Waals surface area contributed by atoms with Gasteiger partial charge >= 0.3 is 11.9 Å². The number of rotatable bonds is 8. The van der Waals surface area contributed by atoms with Crippen molar-refractivity contribution < 1.29 is 28.6 Å². The standard InChI is InChI=1S/C23H27FNO5Si/c1-23(2,3)20(30-31(4)5)15-8-6-14(7-9-15)17-12-16(10-11-19(17)24)25-13-18(21(26)27)22(28)29/h6-13,20,25H,1-5H3,(H,26,27)(H,28,29). The van der Waals surface area contributed by atoms with Crippen molar-refractivity contribution in [1.29, 1.82) is 0 Å². The van der Waals surface area contributed by atoms with Crippen LogP contribution < -0.4 is 5.32 Å². The Balaban J connectivity index is 2.34. The number of aliphatic carboxylic acids is 2. The van der Waals surface area contributed by atoms with Crippen molar-refractivity contribution >= 4 is 26.7 Å². The summed E-state index contributed by atoms with van der Waals surface area (Å²) in [7, 11) is -0.919. The molecule has 0 saturated heterocycles. The van der Waals surface area contributed by atoms with Gasteiger partial charge in [0.25, 0.3) is 0 Å². The highest BCUT2D eigenvalue weighted by atomic mass is 28.3. The van der Waals surface area contributed by atoms with Crippen molar-refractivity contribution in [2.45, 2.75) is 40.0 Å². The molecule has 0 aliphatic rings. The molecule has 6 nitrogen and oxygen atoms in total. The largest absolute Gasteiger partial charge is 0.477 e. The second-order valence-electron chi connectivity index (χ2n) is 8.40. The van der Waals surface area contributed by atoms with E-state index >= 15 is 0 Å². The SMILES string of the molecule is C[Si](C)OC(c1ccc(-c2cc(NC=C(C(=O)O)C(=O)O)ccc2F)cc1)C(C)(C)C. The van der Waals surface area contributed by atoms with Crippen LogP contribution in [0.1, 0.15) is 32.4 Å². The number of hydrogen-bond acceptors (Lipinski definition) is 4. The number of anilines is 1. The Bertz CT molecular complexity index is 964. The van der Waals surface area contributed by atoms with Crippen LogP contribution in [0.25, 0.3) is 11.1 Å². The van der Waals surface area contributed by atoms with E-state index in [-0.39, 0.29) is 11.5 Å². The molecular formula is C23H27FNO5Si. The molecule has 0 heterocycles. The van der Waals surface area contributed by atoms with E-state index in [2.05, 4.69) is 39.2 Å². The maximum absolute atomic E-state index is 14.5. The van der Waals surface area contributed by atoms with E-state index in [1.165, 1.54) is 18.2 Å². The minimum Gasteiger partial charge on any atom is -0.477 e. The Morgan fingerprint density at radius 3 is 2.13 bits per heavy atom. The minimum atomic E-state index is -1.57. The number of carbonyl (C=O) groups is 2. The summed E-state index contributed by atoms with van der Waals surface area (Å²) in [5.41, 5.74) is 1.39. The first kappa shape index (κ1) is 24.3. The van der Waals surface area contributed by atoms with Gasteiger partial charge < -0.3 is 20.0 Å². The molecular weight excluding hydrogens is 417 g/mol. The zero-order valence-corrected chi connectivity index (χ0v) is 19.2. The van der Waals surface area contributed by atoms with Gasteiger partial charge in [-0.1, -0.05) is 45.0 Å². The smallest absolute Gasteiger partial charge is 0.344 e. The summed E-state index contributed by atoms with van der Waals surface area (Å²) in [6, 6.07) is 11.6. The number of benzene rings is 2. The van der Waals surface area contributed by atoms with Crippen LogP contribution in [0.5, 0.6) is 0 Å². The first-order chi connectivity index (χ1) is 14.4. The fourth-order valence-electron chi connectivity index (χ4n) is 3.02. The quantitative estimate of drug-likeness (QED) is 0.221. The van der Waals surface area contributed by atoms with Crippen molar-refractivity contribution in [3.63, 3.8) is 0 Å².